The maximum atomic E-state index is 12.6. The van der Waals surface area contributed by atoms with Gasteiger partial charge in [-0.3, -0.25) is 4.79 Å². The number of hydrogen-bond acceptors (Lipinski definition) is 2. The van der Waals surface area contributed by atoms with E-state index in [2.05, 4.69) is 26.1 Å². The first-order valence-electron chi connectivity index (χ1n) is 6.97. The van der Waals surface area contributed by atoms with Crippen molar-refractivity contribution in [3.8, 4) is 0 Å². The lowest BCUT2D eigenvalue weighted by Gasteiger charge is -2.42. The van der Waals surface area contributed by atoms with Crippen molar-refractivity contribution in [3.05, 3.63) is 34.9 Å². The highest BCUT2D eigenvalue weighted by Gasteiger charge is 2.37. The van der Waals surface area contributed by atoms with Crippen LogP contribution in [0.4, 0.5) is 0 Å². The van der Waals surface area contributed by atoms with E-state index in [0.717, 1.165) is 24.9 Å². The second-order valence-electron chi connectivity index (χ2n) is 6.06. The van der Waals surface area contributed by atoms with Crippen LogP contribution >= 0.6 is 11.6 Å². The van der Waals surface area contributed by atoms with Gasteiger partial charge in [0.25, 0.3) is 0 Å². The molecule has 1 fully saturated rings. The number of hydrogen-bond donors (Lipinski definition) is 1. The summed E-state index contributed by atoms with van der Waals surface area (Å²) in [6.07, 6.45) is 1.83. The molecular formula is C16H22ClNO. The summed E-state index contributed by atoms with van der Waals surface area (Å²) in [4.78, 5) is 12.6. The van der Waals surface area contributed by atoms with Gasteiger partial charge >= 0.3 is 0 Å². The normalized spacial score (nSPS) is 27.5. The molecule has 0 radical (unpaired) electrons. The van der Waals surface area contributed by atoms with Gasteiger partial charge in [-0.25, -0.2) is 0 Å². The predicted molar refractivity (Wildman–Crippen MR) is 79.8 cm³/mol. The Morgan fingerprint density at radius 2 is 2.00 bits per heavy atom. The van der Waals surface area contributed by atoms with E-state index in [1.807, 2.05) is 12.1 Å². The standard InChI is InChI=1S/C16H22ClNO/c1-11(2)16(3)10-13(8-9-18-16)15(19)12-4-6-14(17)7-5-12/h4-7,11,13,18H,8-10H2,1-3H3. The molecule has 104 valence electrons. The van der Waals surface area contributed by atoms with Crippen LogP contribution in [-0.4, -0.2) is 17.9 Å². The van der Waals surface area contributed by atoms with Gasteiger partial charge in [0, 0.05) is 22.0 Å². The smallest absolute Gasteiger partial charge is 0.166 e. The van der Waals surface area contributed by atoms with E-state index >= 15 is 0 Å². The number of carbonyl (C=O) groups excluding carboxylic acids is 1. The lowest BCUT2D eigenvalue weighted by molar-refractivity contribution is 0.0804. The van der Waals surface area contributed by atoms with Gasteiger partial charge in [-0.05, 0) is 56.5 Å². The van der Waals surface area contributed by atoms with E-state index in [-0.39, 0.29) is 17.2 Å². The van der Waals surface area contributed by atoms with Crippen molar-refractivity contribution in [2.45, 2.75) is 39.2 Å². The molecular weight excluding hydrogens is 258 g/mol. The van der Waals surface area contributed by atoms with Gasteiger partial charge in [0.15, 0.2) is 5.78 Å². The number of Topliss-reactive ketones (excluding diaryl/α,β-unsaturated/α-hetero) is 1. The molecule has 0 aromatic heterocycles. The van der Waals surface area contributed by atoms with Crippen molar-refractivity contribution in [3.63, 3.8) is 0 Å². The molecule has 1 heterocycles. The summed E-state index contributed by atoms with van der Waals surface area (Å²) in [5.41, 5.74) is 0.841. The second kappa shape index (κ2) is 5.64. The van der Waals surface area contributed by atoms with Gasteiger partial charge in [-0.2, -0.15) is 0 Å². The monoisotopic (exact) mass is 279 g/mol. The number of benzene rings is 1. The Labute approximate surface area is 120 Å². The van der Waals surface area contributed by atoms with Crippen LogP contribution in [0.25, 0.3) is 0 Å². The minimum absolute atomic E-state index is 0.0605. The van der Waals surface area contributed by atoms with E-state index in [0.29, 0.717) is 10.9 Å². The summed E-state index contributed by atoms with van der Waals surface area (Å²) in [6, 6.07) is 7.24. The first kappa shape index (κ1) is 14.5. The highest BCUT2D eigenvalue weighted by molar-refractivity contribution is 6.30. The van der Waals surface area contributed by atoms with Crippen LogP contribution < -0.4 is 5.32 Å². The topological polar surface area (TPSA) is 29.1 Å². The van der Waals surface area contributed by atoms with Crippen LogP contribution in [0.5, 0.6) is 0 Å². The Balaban J connectivity index is 2.13. The molecule has 3 heteroatoms. The number of halogens is 1. The van der Waals surface area contributed by atoms with Gasteiger partial charge in [0.2, 0.25) is 0 Å². The fraction of sp³-hybridized carbons (Fsp3) is 0.562. The van der Waals surface area contributed by atoms with E-state index < -0.39 is 0 Å². The lowest BCUT2D eigenvalue weighted by Crippen LogP contribution is -2.53. The quantitative estimate of drug-likeness (QED) is 0.849. The third-order valence-corrected chi connectivity index (χ3v) is 4.72. The van der Waals surface area contributed by atoms with E-state index in [4.69, 9.17) is 11.6 Å². The Hall–Kier alpha value is -0.860. The van der Waals surface area contributed by atoms with Gasteiger partial charge in [-0.15, -0.1) is 0 Å². The molecule has 1 aromatic rings. The molecule has 1 saturated heterocycles. The molecule has 0 saturated carbocycles. The summed E-state index contributed by atoms with van der Waals surface area (Å²) < 4.78 is 0. The van der Waals surface area contributed by atoms with Crippen LogP contribution in [0.3, 0.4) is 0 Å². The third kappa shape index (κ3) is 3.18. The highest BCUT2D eigenvalue weighted by Crippen LogP contribution is 2.32. The fourth-order valence-corrected chi connectivity index (χ4v) is 2.86. The summed E-state index contributed by atoms with van der Waals surface area (Å²) in [6.45, 7) is 7.56. The number of ketones is 1. The number of rotatable bonds is 3. The average molecular weight is 280 g/mol. The van der Waals surface area contributed by atoms with Crippen LogP contribution in [0.1, 0.15) is 44.0 Å². The van der Waals surface area contributed by atoms with Crippen LogP contribution in [0.2, 0.25) is 5.02 Å². The molecule has 0 bridgehead atoms. The van der Waals surface area contributed by atoms with E-state index in [9.17, 15) is 4.79 Å². The summed E-state index contributed by atoms with van der Waals surface area (Å²) in [5.74, 6) is 0.896. The minimum Gasteiger partial charge on any atom is -0.311 e. The zero-order valence-corrected chi connectivity index (χ0v) is 12.6. The molecule has 0 spiro atoms. The Morgan fingerprint density at radius 1 is 1.37 bits per heavy atom. The fourth-order valence-electron chi connectivity index (χ4n) is 2.73. The average Bonchev–Trinajstić information content (AvgIpc) is 2.39. The van der Waals surface area contributed by atoms with Gasteiger partial charge in [0.1, 0.15) is 0 Å². The number of nitrogens with one attached hydrogen (secondary N) is 1. The zero-order chi connectivity index (χ0) is 14.0. The molecule has 2 unspecified atom stereocenters. The van der Waals surface area contributed by atoms with Crippen molar-refractivity contribution >= 4 is 17.4 Å². The van der Waals surface area contributed by atoms with Crippen molar-refractivity contribution in [1.29, 1.82) is 0 Å². The molecule has 1 N–H and O–H groups in total. The first-order chi connectivity index (χ1) is 8.92. The molecule has 0 amide bonds. The van der Waals surface area contributed by atoms with Crippen LogP contribution in [0.15, 0.2) is 24.3 Å². The molecule has 2 rings (SSSR count). The molecule has 19 heavy (non-hydrogen) atoms. The number of piperidine rings is 1. The molecule has 2 atom stereocenters. The van der Waals surface area contributed by atoms with Crippen molar-refractivity contribution in [1.82, 2.24) is 5.32 Å². The molecule has 0 aliphatic carbocycles. The Kier molecular flexibility index (Phi) is 4.32. The molecule has 2 nitrogen and oxygen atoms in total. The predicted octanol–water partition coefficient (Wildman–Crippen LogP) is 3.94. The van der Waals surface area contributed by atoms with Crippen molar-refractivity contribution in [2.75, 3.05) is 6.54 Å². The lowest BCUT2D eigenvalue weighted by atomic mass is 9.74. The highest BCUT2D eigenvalue weighted by atomic mass is 35.5. The van der Waals surface area contributed by atoms with Crippen molar-refractivity contribution in [2.24, 2.45) is 11.8 Å². The van der Waals surface area contributed by atoms with Crippen LogP contribution in [-0.2, 0) is 0 Å². The van der Waals surface area contributed by atoms with E-state index in [1.54, 1.807) is 12.1 Å². The second-order valence-corrected chi connectivity index (χ2v) is 6.50. The first-order valence-corrected chi connectivity index (χ1v) is 7.35. The molecule has 1 aromatic carbocycles. The summed E-state index contributed by atoms with van der Waals surface area (Å²) >= 11 is 5.87. The van der Waals surface area contributed by atoms with Gasteiger partial charge < -0.3 is 5.32 Å². The number of carbonyl (C=O) groups is 1. The summed E-state index contributed by atoms with van der Waals surface area (Å²) in [5, 5.41) is 4.24. The van der Waals surface area contributed by atoms with Gasteiger partial charge in [0.05, 0.1) is 0 Å². The maximum absolute atomic E-state index is 12.6. The van der Waals surface area contributed by atoms with Crippen molar-refractivity contribution < 1.29 is 4.79 Å². The van der Waals surface area contributed by atoms with E-state index in [1.165, 1.54) is 0 Å². The maximum Gasteiger partial charge on any atom is 0.166 e. The Bertz CT molecular complexity index is 454. The Morgan fingerprint density at radius 3 is 2.58 bits per heavy atom. The summed E-state index contributed by atoms with van der Waals surface area (Å²) in [7, 11) is 0. The largest absolute Gasteiger partial charge is 0.311 e. The zero-order valence-electron chi connectivity index (χ0n) is 11.9. The third-order valence-electron chi connectivity index (χ3n) is 4.47. The van der Waals surface area contributed by atoms with Gasteiger partial charge in [-0.1, -0.05) is 25.4 Å². The molecule has 1 aliphatic heterocycles. The van der Waals surface area contributed by atoms with Crippen LogP contribution in [0, 0.1) is 11.8 Å². The SMILES string of the molecule is CC(C)C1(C)CC(C(=O)c2ccc(Cl)cc2)CCN1. The minimum atomic E-state index is 0.0605. The molecule has 1 aliphatic rings.